The van der Waals surface area contributed by atoms with E-state index in [2.05, 4.69) is 0 Å². The monoisotopic (exact) mass is 415 g/mol. The summed E-state index contributed by atoms with van der Waals surface area (Å²) in [7, 11) is 0. The molecular formula is C24H33NO5. The number of ether oxygens (including phenoxy) is 2. The third-order valence-electron chi connectivity index (χ3n) is 6.05. The van der Waals surface area contributed by atoms with Gasteiger partial charge in [0.2, 0.25) is 0 Å². The summed E-state index contributed by atoms with van der Waals surface area (Å²) in [5.74, 6) is -1.10. The Bertz CT molecular complexity index is 825. The molecule has 4 atom stereocenters. The number of nitrogens with zero attached hydrogens (tertiary/aromatic N) is 1. The smallest absolute Gasteiger partial charge is 0.329 e. The van der Waals surface area contributed by atoms with Gasteiger partial charge in [-0.15, -0.1) is 0 Å². The molecule has 1 saturated heterocycles. The standard InChI is InChI=1S/C24H33NO5/c1-6-29-23(28)20-18(24(3,4)5)21(26)19(16-12-8-7-11-15(16)2)25(20)22(27)17-13-9-10-14-30-17/h7-8,11-13,18-21,26H,6,9-10,14H2,1-5H3/t18-,19-,20-,21-/m0/s1. The Morgan fingerprint density at radius 3 is 2.53 bits per heavy atom. The highest BCUT2D eigenvalue weighted by Gasteiger charge is 2.58. The number of amides is 1. The minimum atomic E-state index is -0.923. The van der Waals surface area contributed by atoms with Crippen molar-refractivity contribution < 1.29 is 24.2 Å². The van der Waals surface area contributed by atoms with E-state index in [4.69, 9.17) is 9.47 Å². The van der Waals surface area contributed by atoms with Crippen LogP contribution < -0.4 is 0 Å². The first-order valence-electron chi connectivity index (χ1n) is 10.7. The zero-order valence-corrected chi connectivity index (χ0v) is 18.6. The molecule has 1 fully saturated rings. The highest BCUT2D eigenvalue weighted by Crippen LogP contribution is 2.49. The molecule has 1 aromatic carbocycles. The van der Waals surface area contributed by atoms with Crippen LogP contribution in [0.1, 0.15) is 57.7 Å². The number of aliphatic hydroxyl groups excluding tert-OH is 1. The molecule has 0 spiro atoms. The summed E-state index contributed by atoms with van der Waals surface area (Å²) in [4.78, 5) is 28.3. The van der Waals surface area contributed by atoms with E-state index < -0.39 is 35.5 Å². The number of rotatable bonds is 4. The average Bonchev–Trinajstić information content (AvgIpc) is 3.02. The van der Waals surface area contributed by atoms with Gasteiger partial charge in [0.25, 0.3) is 5.91 Å². The van der Waals surface area contributed by atoms with Crippen LogP contribution in [0.25, 0.3) is 0 Å². The van der Waals surface area contributed by atoms with Crippen LogP contribution in [0.5, 0.6) is 0 Å². The number of allylic oxidation sites excluding steroid dienone is 1. The molecule has 2 aliphatic heterocycles. The summed E-state index contributed by atoms with van der Waals surface area (Å²) < 4.78 is 11.0. The van der Waals surface area contributed by atoms with E-state index in [0.717, 1.165) is 24.0 Å². The maximum absolute atomic E-state index is 13.6. The lowest BCUT2D eigenvalue weighted by atomic mass is 9.73. The van der Waals surface area contributed by atoms with Crippen LogP contribution in [0.15, 0.2) is 36.1 Å². The van der Waals surface area contributed by atoms with Crippen LogP contribution in [0.2, 0.25) is 0 Å². The first-order valence-corrected chi connectivity index (χ1v) is 10.7. The fourth-order valence-electron chi connectivity index (χ4n) is 4.71. The van der Waals surface area contributed by atoms with Crippen LogP contribution >= 0.6 is 0 Å². The number of aliphatic hydroxyl groups is 1. The number of likely N-dealkylation sites (tertiary alicyclic amines) is 1. The molecule has 0 bridgehead atoms. The predicted molar refractivity (Wildman–Crippen MR) is 113 cm³/mol. The van der Waals surface area contributed by atoms with Gasteiger partial charge >= 0.3 is 5.97 Å². The quantitative estimate of drug-likeness (QED) is 0.762. The molecule has 6 nitrogen and oxygen atoms in total. The van der Waals surface area contributed by atoms with Crippen LogP contribution in [0.4, 0.5) is 0 Å². The van der Waals surface area contributed by atoms with Gasteiger partial charge < -0.3 is 19.5 Å². The van der Waals surface area contributed by atoms with Crippen LogP contribution in [-0.2, 0) is 19.1 Å². The summed E-state index contributed by atoms with van der Waals surface area (Å²) in [6, 6.07) is 6.10. The fraction of sp³-hybridized carbons (Fsp3) is 0.583. The molecule has 2 heterocycles. The normalized spacial score (nSPS) is 26.7. The summed E-state index contributed by atoms with van der Waals surface area (Å²) >= 11 is 0. The highest BCUT2D eigenvalue weighted by molar-refractivity contribution is 5.96. The molecule has 2 aliphatic rings. The molecule has 3 rings (SSSR count). The molecule has 164 valence electrons. The molecule has 0 radical (unpaired) electrons. The minimum absolute atomic E-state index is 0.207. The van der Waals surface area contributed by atoms with Crippen molar-refractivity contribution >= 4 is 11.9 Å². The van der Waals surface area contributed by atoms with Crippen molar-refractivity contribution in [3.63, 3.8) is 0 Å². The molecule has 6 heteroatoms. The first-order chi connectivity index (χ1) is 14.2. The zero-order chi connectivity index (χ0) is 22.1. The van der Waals surface area contributed by atoms with Crippen molar-refractivity contribution in [1.29, 1.82) is 0 Å². The Labute approximate surface area is 178 Å². The van der Waals surface area contributed by atoms with Gasteiger partial charge in [-0.3, -0.25) is 4.79 Å². The predicted octanol–water partition coefficient (Wildman–Crippen LogP) is 3.53. The van der Waals surface area contributed by atoms with E-state index in [1.807, 2.05) is 52.0 Å². The van der Waals surface area contributed by atoms with Crippen molar-refractivity contribution in [2.75, 3.05) is 13.2 Å². The SMILES string of the molecule is CCOC(=O)[C@@H]1[C@H](C(C)(C)C)[C@H](O)[C@H](c2ccccc2C)N1C(=O)C1=CCCCO1. The third-order valence-corrected chi connectivity index (χ3v) is 6.05. The summed E-state index contributed by atoms with van der Waals surface area (Å²) in [5, 5.41) is 11.5. The Morgan fingerprint density at radius 2 is 1.97 bits per heavy atom. The zero-order valence-electron chi connectivity index (χ0n) is 18.6. The molecular weight excluding hydrogens is 382 g/mol. The Kier molecular flexibility index (Phi) is 6.56. The molecule has 0 saturated carbocycles. The van der Waals surface area contributed by atoms with Crippen LogP contribution in [0, 0.1) is 18.3 Å². The second kappa shape index (κ2) is 8.80. The van der Waals surface area contributed by atoms with E-state index in [0.29, 0.717) is 6.61 Å². The number of hydrogen-bond acceptors (Lipinski definition) is 5. The van der Waals surface area contributed by atoms with Crippen molar-refractivity contribution in [2.45, 2.75) is 65.6 Å². The number of carbonyl (C=O) groups excluding carboxylic acids is 2. The number of carbonyl (C=O) groups is 2. The number of esters is 1. The van der Waals surface area contributed by atoms with Gasteiger partial charge in [0.05, 0.1) is 25.4 Å². The first kappa shape index (κ1) is 22.3. The largest absolute Gasteiger partial charge is 0.488 e. The number of hydrogen-bond donors (Lipinski definition) is 1. The average molecular weight is 416 g/mol. The van der Waals surface area contributed by atoms with Gasteiger partial charge in [0.15, 0.2) is 5.76 Å². The van der Waals surface area contributed by atoms with Crippen LogP contribution in [0.3, 0.4) is 0 Å². The van der Waals surface area contributed by atoms with Gasteiger partial charge in [0.1, 0.15) is 6.04 Å². The second-order valence-electron chi connectivity index (χ2n) is 9.15. The van der Waals surface area contributed by atoms with E-state index in [1.165, 1.54) is 4.90 Å². The fourth-order valence-corrected chi connectivity index (χ4v) is 4.71. The van der Waals surface area contributed by atoms with E-state index in [-0.39, 0.29) is 18.3 Å². The van der Waals surface area contributed by atoms with E-state index in [1.54, 1.807) is 13.0 Å². The van der Waals surface area contributed by atoms with Crippen LogP contribution in [-0.4, -0.2) is 47.2 Å². The maximum Gasteiger partial charge on any atom is 0.329 e. The topological polar surface area (TPSA) is 76.1 Å². The lowest BCUT2D eigenvalue weighted by molar-refractivity contribution is -0.156. The maximum atomic E-state index is 13.6. The van der Waals surface area contributed by atoms with Gasteiger partial charge in [-0.2, -0.15) is 0 Å². The number of benzene rings is 1. The Morgan fingerprint density at radius 1 is 1.27 bits per heavy atom. The highest BCUT2D eigenvalue weighted by atomic mass is 16.5. The summed E-state index contributed by atoms with van der Waals surface area (Å²) in [6.45, 7) is 10.3. The van der Waals surface area contributed by atoms with Gasteiger partial charge in [-0.1, -0.05) is 45.0 Å². The molecule has 0 aromatic heterocycles. The van der Waals surface area contributed by atoms with Crippen molar-refractivity contribution in [2.24, 2.45) is 11.3 Å². The lowest BCUT2D eigenvalue weighted by Crippen LogP contribution is -2.48. The van der Waals surface area contributed by atoms with E-state index >= 15 is 0 Å². The minimum Gasteiger partial charge on any atom is -0.488 e. The second-order valence-corrected chi connectivity index (χ2v) is 9.15. The van der Waals surface area contributed by atoms with Crippen molar-refractivity contribution in [3.05, 3.63) is 47.2 Å². The summed E-state index contributed by atoms with van der Waals surface area (Å²) in [6.07, 6.45) is 2.46. The third kappa shape index (κ3) is 4.10. The molecule has 30 heavy (non-hydrogen) atoms. The molecule has 0 aliphatic carbocycles. The molecule has 1 amide bonds. The van der Waals surface area contributed by atoms with Gasteiger partial charge in [0, 0.05) is 5.92 Å². The van der Waals surface area contributed by atoms with Crippen molar-refractivity contribution in [1.82, 2.24) is 4.90 Å². The number of aryl methyl sites for hydroxylation is 1. The molecule has 0 unspecified atom stereocenters. The molecule has 1 N–H and O–H groups in total. The summed E-state index contributed by atoms with van der Waals surface area (Å²) in [5.41, 5.74) is 1.35. The van der Waals surface area contributed by atoms with Gasteiger partial charge in [-0.05, 0) is 49.3 Å². The Balaban J connectivity index is 2.17. The van der Waals surface area contributed by atoms with E-state index in [9.17, 15) is 14.7 Å². The Hall–Kier alpha value is -2.34. The molecule has 1 aromatic rings. The van der Waals surface area contributed by atoms with Crippen molar-refractivity contribution in [3.8, 4) is 0 Å². The van der Waals surface area contributed by atoms with Gasteiger partial charge in [-0.25, -0.2) is 4.79 Å². The lowest BCUT2D eigenvalue weighted by Gasteiger charge is -2.34.